The summed E-state index contributed by atoms with van der Waals surface area (Å²) in [4.78, 5) is 25.0. The predicted molar refractivity (Wildman–Crippen MR) is 94.1 cm³/mol. The summed E-state index contributed by atoms with van der Waals surface area (Å²) >= 11 is 0. The van der Waals surface area contributed by atoms with Crippen LogP contribution in [-0.2, 0) is 11.2 Å². The van der Waals surface area contributed by atoms with Gasteiger partial charge in [0.25, 0.3) is 0 Å². The molecular weight excluding hydrogens is 320 g/mol. The van der Waals surface area contributed by atoms with Crippen LogP contribution in [0.2, 0.25) is 0 Å². The number of carbonyl (C=O) groups is 1. The Bertz CT molecular complexity index is 716. The molecule has 2 heterocycles. The molecule has 0 aliphatic carbocycles. The summed E-state index contributed by atoms with van der Waals surface area (Å²) in [6.45, 7) is 2.89. The molecule has 1 aliphatic rings. The Labute approximate surface area is 147 Å². The average molecular weight is 342 g/mol. The Hall–Kier alpha value is -2.83. The number of carbonyl (C=O) groups excluding carboxylic acids is 1. The predicted octanol–water partition coefficient (Wildman–Crippen LogP) is 1.39. The monoisotopic (exact) mass is 342 g/mol. The minimum Gasteiger partial charge on any atom is -0.493 e. The molecule has 0 radical (unpaired) electrons. The topological polar surface area (TPSA) is 67.8 Å². The average Bonchev–Trinajstić information content (AvgIpc) is 2.68. The van der Waals surface area contributed by atoms with E-state index in [0.29, 0.717) is 31.0 Å². The van der Waals surface area contributed by atoms with Crippen LogP contribution in [0.5, 0.6) is 11.5 Å². The highest BCUT2D eigenvalue weighted by atomic mass is 16.5. The first-order valence-corrected chi connectivity index (χ1v) is 8.21. The molecule has 0 saturated carbocycles. The fourth-order valence-electron chi connectivity index (χ4n) is 2.92. The molecule has 132 valence electrons. The second kappa shape index (κ2) is 7.83. The first-order valence-electron chi connectivity index (χ1n) is 8.21. The normalized spacial score (nSPS) is 14.3. The molecule has 0 N–H and O–H groups in total. The van der Waals surface area contributed by atoms with Gasteiger partial charge in [0.1, 0.15) is 5.82 Å². The lowest BCUT2D eigenvalue weighted by atomic mass is 10.1. The summed E-state index contributed by atoms with van der Waals surface area (Å²) in [7, 11) is 3.19. The van der Waals surface area contributed by atoms with Crippen molar-refractivity contribution in [2.45, 2.75) is 6.42 Å². The second-order valence-corrected chi connectivity index (χ2v) is 5.80. The lowest BCUT2D eigenvalue weighted by molar-refractivity contribution is -0.130. The quantitative estimate of drug-likeness (QED) is 0.818. The van der Waals surface area contributed by atoms with Crippen LogP contribution < -0.4 is 14.4 Å². The Balaban J connectivity index is 1.58. The molecule has 1 aromatic carbocycles. The van der Waals surface area contributed by atoms with Gasteiger partial charge in [0, 0.05) is 38.6 Å². The molecule has 1 aromatic heterocycles. The zero-order valence-corrected chi connectivity index (χ0v) is 14.5. The van der Waals surface area contributed by atoms with E-state index in [9.17, 15) is 4.79 Å². The Morgan fingerprint density at radius 1 is 1.08 bits per heavy atom. The number of ether oxygens (including phenoxy) is 2. The van der Waals surface area contributed by atoms with Crippen LogP contribution in [-0.4, -0.2) is 61.2 Å². The van der Waals surface area contributed by atoms with Crippen molar-refractivity contribution in [3.05, 3.63) is 42.4 Å². The maximum Gasteiger partial charge on any atom is 0.227 e. The van der Waals surface area contributed by atoms with Crippen LogP contribution >= 0.6 is 0 Å². The molecule has 0 atom stereocenters. The van der Waals surface area contributed by atoms with E-state index in [1.807, 2.05) is 23.1 Å². The summed E-state index contributed by atoms with van der Waals surface area (Å²) in [5.74, 6) is 2.28. The number of methoxy groups -OCH3 is 2. The van der Waals surface area contributed by atoms with Crippen LogP contribution in [0.4, 0.5) is 5.82 Å². The maximum absolute atomic E-state index is 12.6. The molecule has 1 fully saturated rings. The summed E-state index contributed by atoms with van der Waals surface area (Å²) in [6.07, 6.45) is 5.45. The molecule has 0 spiro atoms. The van der Waals surface area contributed by atoms with Crippen LogP contribution in [0.3, 0.4) is 0 Å². The van der Waals surface area contributed by atoms with Crippen LogP contribution in [0, 0.1) is 0 Å². The number of hydrogen-bond donors (Lipinski definition) is 0. The highest BCUT2D eigenvalue weighted by Gasteiger charge is 2.22. The number of anilines is 1. The third kappa shape index (κ3) is 3.99. The number of nitrogens with zero attached hydrogens (tertiary/aromatic N) is 4. The van der Waals surface area contributed by atoms with Crippen LogP contribution in [0.25, 0.3) is 0 Å². The SMILES string of the molecule is COc1ccc(CC(=O)N2CCN(c3cnccn3)CC2)cc1OC. The van der Waals surface area contributed by atoms with Gasteiger partial charge in [0.15, 0.2) is 11.5 Å². The van der Waals surface area contributed by atoms with Gasteiger partial charge < -0.3 is 19.3 Å². The zero-order valence-electron chi connectivity index (χ0n) is 14.5. The molecular formula is C18H22N4O3. The molecule has 1 amide bonds. The van der Waals surface area contributed by atoms with E-state index in [0.717, 1.165) is 24.5 Å². The summed E-state index contributed by atoms with van der Waals surface area (Å²) in [5, 5.41) is 0. The largest absolute Gasteiger partial charge is 0.493 e. The van der Waals surface area contributed by atoms with Gasteiger partial charge in [0.2, 0.25) is 5.91 Å². The molecule has 25 heavy (non-hydrogen) atoms. The Morgan fingerprint density at radius 2 is 1.84 bits per heavy atom. The van der Waals surface area contributed by atoms with Crippen molar-refractivity contribution in [1.82, 2.24) is 14.9 Å². The number of hydrogen-bond acceptors (Lipinski definition) is 6. The molecule has 7 nitrogen and oxygen atoms in total. The Morgan fingerprint density at radius 3 is 2.48 bits per heavy atom. The number of benzene rings is 1. The minimum atomic E-state index is 0.117. The van der Waals surface area contributed by atoms with Gasteiger partial charge in [-0.3, -0.25) is 9.78 Å². The minimum absolute atomic E-state index is 0.117. The number of rotatable bonds is 5. The number of amides is 1. The first-order chi connectivity index (χ1) is 12.2. The number of aromatic nitrogens is 2. The first kappa shape index (κ1) is 17.0. The van der Waals surface area contributed by atoms with E-state index < -0.39 is 0 Å². The van der Waals surface area contributed by atoms with Crippen molar-refractivity contribution < 1.29 is 14.3 Å². The van der Waals surface area contributed by atoms with Crippen molar-refractivity contribution in [2.24, 2.45) is 0 Å². The van der Waals surface area contributed by atoms with Crippen LogP contribution in [0.15, 0.2) is 36.8 Å². The lowest BCUT2D eigenvalue weighted by Crippen LogP contribution is -2.49. The fraction of sp³-hybridized carbons (Fsp3) is 0.389. The van der Waals surface area contributed by atoms with Crippen LogP contribution in [0.1, 0.15) is 5.56 Å². The van der Waals surface area contributed by atoms with E-state index in [1.54, 1.807) is 32.8 Å². The van der Waals surface area contributed by atoms with Crippen molar-refractivity contribution in [1.29, 1.82) is 0 Å². The van der Waals surface area contributed by atoms with Crippen molar-refractivity contribution in [3.63, 3.8) is 0 Å². The molecule has 1 saturated heterocycles. The van der Waals surface area contributed by atoms with Gasteiger partial charge in [-0.25, -0.2) is 4.98 Å². The third-order valence-corrected chi connectivity index (χ3v) is 4.31. The van der Waals surface area contributed by atoms with Gasteiger partial charge in [-0.2, -0.15) is 0 Å². The maximum atomic E-state index is 12.6. The fourth-order valence-corrected chi connectivity index (χ4v) is 2.92. The molecule has 7 heteroatoms. The van der Waals surface area contributed by atoms with Crippen molar-refractivity contribution >= 4 is 11.7 Å². The van der Waals surface area contributed by atoms with Crippen molar-refractivity contribution in [3.8, 4) is 11.5 Å². The highest BCUT2D eigenvalue weighted by molar-refractivity contribution is 5.79. The molecule has 0 unspecified atom stereocenters. The summed E-state index contributed by atoms with van der Waals surface area (Å²) in [6, 6.07) is 5.58. The van der Waals surface area contributed by atoms with Gasteiger partial charge in [-0.05, 0) is 17.7 Å². The highest BCUT2D eigenvalue weighted by Crippen LogP contribution is 2.28. The smallest absolute Gasteiger partial charge is 0.227 e. The molecule has 0 bridgehead atoms. The third-order valence-electron chi connectivity index (χ3n) is 4.31. The zero-order chi connectivity index (χ0) is 17.6. The number of piperazine rings is 1. The standard InChI is InChI=1S/C18H22N4O3/c1-24-15-4-3-14(11-16(15)25-2)12-18(23)22-9-7-21(8-10-22)17-13-19-5-6-20-17/h3-6,11,13H,7-10,12H2,1-2H3. The Kier molecular flexibility index (Phi) is 5.33. The van der Waals surface area contributed by atoms with E-state index in [2.05, 4.69) is 14.9 Å². The summed E-state index contributed by atoms with van der Waals surface area (Å²) in [5.41, 5.74) is 0.916. The second-order valence-electron chi connectivity index (χ2n) is 5.80. The summed E-state index contributed by atoms with van der Waals surface area (Å²) < 4.78 is 10.5. The van der Waals surface area contributed by atoms with E-state index in [-0.39, 0.29) is 5.91 Å². The van der Waals surface area contributed by atoms with Crippen molar-refractivity contribution in [2.75, 3.05) is 45.3 Å². The van der Waals surface area contributed by atoms with Gasteiger partial charge >= 0.3 is 0 Å². The van der Waals surface area contributed by atoms with E-state index in [1.165, 1.54) is 0 Å². The van der Waals surface area contributed by atoms with Gasteiger partial charge in [-0.15, -0.1) is 0 Å². The van der Waals surface area contributed by atoms with Gasteiger partial charge in [0.05, 0.1) is 26.8 Å². The van der Waals surface area contributed by atoms with E-state index in [4.69, 9.17) is 9.47 Å². The molecule has 1 aliphatic heterocycles. The molecule has 2 aromatic rings. The van der Waals surface area contributed by atoms with Gasteiger partial charge in [-0.1, -0.05) is 6.07 Å². The molecule has 3 rings (SSSR count). The lowest BCUT2D eigenvalue weighted by Gasteiger charge is -2.35. The van der Waals surface area contributed by atoms with E-state index >= 15 is 0 Å².